The predicted octanol–water partition coefficient (Wildman–Crippen LogP) is 4.60. The summed E-state index contributed by atoms with van der Waals surface area (Å²) >= 11 is 3.61. The van der Waals surface area contributed by atoms with E-state index >= 15 is 0 Å². The highest BCUT2D eigenvalue weighted by Crippen LogP contribution is 2.47. The number of methoxy groups -OCH3 is 2. The lowest BCUT2D eigenvalue weighted by Gasteiger charge is -2.35. The van der Waals surface area contributed by atoms with E-state index in [1.54, 1.807) is 20.3 Å². The molecule has 0 saturated heterocycles. The molecule has 3 rings (SSSR count). The number of ether oxygens (including phenoxy) is 3. The van der Waals surface area contributed by atoms with E-state index in [-0.39, 0.29) is 17.9 Å². The van der Waals surface area contributed by atoms with Crippen LogP contribution in [0.3, 0.4) is 0 Å². The molecule has 156 valence electrons. The van der Waals surface area contributed by atoms with Crippen LogP contribution in [0.25, 0.3) is 0 Å². The predicted molar refractivity (Wildman–Crippen MR) is 114 cm³/mol. The number of hydrogen-bond donors (Lipinski definition) is 0. The first-order valence-electron chi connectivity index (χ1n) is 9.71. The number of hydrogen-bond acceptors (Lipinski definition) is 6. The van der Waals surface area contributed by atoms with Gasteiger partial charge in [-0.2, -0.15) is 0 Å². The second-order valence-electron chi connectivity index (χ2n) is 7.56. The number of esters is 1. The minimum atomic E-state index is -0.674. The number of carbonyl (C=O) groups excluding carboxylic acids is 2. The van der Waals surface area contributed by atoms with E-state index in [1.165, 1.54) is 0 Å². The number of benzene rings is 1. The fourth-order valence-corrected chi connectivity index (χ4v) is 4.63. The van der Waals surface area contributed by atoms with Gasteiger partial charge in [0.1, 0.15) is 5.92 Å². The Bertz CT molecular complexity index is 903. The molecule has 0 fully saturated rings. The molecule has 0 radical (unpaired) electrons. The zero-order valence-corrected chi connectivity index (χ0v) is 19.0. The van der Waals surface area contributed by atoms with Crippen LogP contribution in [0.4, 0.5) is 0 Å². The normalized spacial score (nSPS) is 21.6. The van der Waals surface area contributed by atoms with Crippen LogP contribution in [-0.4, -0.2) is 37.8 Å². The molecule has 1 aromatic rings. The van der Waals surface area contributed by atoms with Crippen LogP contribution in [0, 0.1) is 5.92 Å². The molecule has 1 aliphatic heterocycles. The molecule has 0 spiro atoms. The number of halogens is 1. The molecule has 0 N–H and O–H groups in total. The van der Waals surface area contributed by atoms with Crippen LogP contribution >= 0.6 is 15.9 Å². The van der Waals surface area contributed by atoms with Crippen molar-refractivity contribution in [2.45, 2.75) is 52.1 Å². The summed E-state index contributed by atoms with van der Waals surface area (Å²) in [6, 6.07) is 3.63. The highest BCUT2D eigenvalue weighted by molar-refractivity contribution is 9.10. The minimum Gasteiger partial charge on any atom is -0.493 e. The molecular weight excluding hydrogens is 438 g/mol. The third-order valence-electron chi connectivity index (χ3n) is 5.28. The van der Waals surface area contributed by atoms with E-state index < -0.39 is 11.8 Å². The number of Topliss-reactive ketones (excluding diaryl/α,β-unsaturated/α-hetero) is 1. The van der Waals surface area contributed by atoms with Crippen LogP contribution < -0.4 is 9.47 Å². The van der Waals surface area contributed by atoms with E-state index in [9.17, 15) is 9.59 Å². The van der Waals surface area contributed by atoms with Gasteiger partial charge in [-0.25, -0.2) is 0 Å². The Labute approximate surface area is 179 Å². The maximum absolute atomic E-state index is 13.1. The number of carbonyl (C=O) groups is 2. The molecule has 6 nitrogen and oxygen atoms in total. The zero-order chi connectivity index (χ0) is 21.3. The summed E-state index contributed by atoms with van der Waals surface area (Å²) in [5.74, 6) is -0.403. The van der Waals surface area contributed by atoms with E-state index in [4.69, 9.17) is 14.2 Å². The number of allylic oxidation sites excluding steroid dienone is 2. The molecule has 2 atom stereocenters. The minimum absolute atomic E-state index is 0.0385. The van der Waals surface area contributed by atoms with Gasteiger partial charge in [0.2, 0.25) is 0 Å². The van der Waals surface area contributed by atoms with Crippen LogP contribution in [0.5, 0.6) is 11.5 Å². The summed E-state index contributed by atoms with van der Waals surface area (Å²) in [5.41, 5.74) is 2.83. The second-order valence-corrected chi connectivity index (χ2v) is 8.41. The highest BCUT2D eigenvalue weighted by atomic mass is 79.9. The van der Waals surface area contributed by atoms with Gasteiger partial charge in [0.05, 0.1) is 20.3 Å². The molecule has 7 heteroatoms. The molecule has 2 aliphatic rings. The molecule has 1 unspecified atom stereocenters. The molecule has 29 heavy (non-hydrogen) atoms. The lowest BCUT2D eigenvalue weighted by atomic mass is 9.71. The highest BCUT2D eigenvalue weighted by Gasteiger charge is 2.44. The second kappa shape index (κ2) is 8.69. The molecule has 0 amide bonds. The van der Waals surface area contributed by atoms with Crippen LogP contribution in [0.2, 0.25) is 0 Å². The Hall–Kier alpha value is -2.15. The van der Waals surface area contributed by atoms with Gasteiger partial charge in [-0.3, -0.25) is 14.6 Å². The monoisotopic (exact) mass is 463 g/mol. The quantitative estimate of drug-likeness (QED) is 0.596. The molecular formula is C22H26BrNO5. The van der Waals surface area contributed by atoms with Crippen molar-refractivity contribution in [1.29, 1.82) is 0 Å². The molecule has 0 saturated carbocycles. The van der Waals surface area contributed by atoms with Crippen molar-refractivity contribution < 1.29 is 23.8 Å². The summed E-state index contributed by atoms with van der Waals surface area (Å²) in [5, 5.41) is 0. The first kappa shape index (κ1) is 21.6. The first-order valence-corrected chi connectivity index (χ1v) is 10.5. The average molecular weight is 464 g/mol. The van der Waals surface area contributed by atoms with Gasteiger partial charge in [-0.15, -0.1) is 0 Å². The Morgan fingerprint density at radius 1 is 1.17 bits per heavy atom. The van der Waals surface area contributed by atoms with Gasteiger partial charge in [-0.1, -0.05) is 15.9 Å². The fourth-order valence-electron chi connectivity index (χ4n) is 4.06. The third kappa shape index (κ3) is 4.10. The lowest BCUT2D eigenvalue weighted by Crippen LogP contribution is -2.38. The third-order valence-corrected chi connectivity index (χ3v) is 5.96. The summed E-state index contributed by atoms with van der Waals surface area (Å²) in [6.45, 7) is 5.45. The summed E-state index contributed by atoms with van der Waals surface area (Å²) in [4.78, 5) is 30.7. The lowest BCUT2D eigenvalue weighted by molar-refractivity contribution is -0.150. The maximum Gasteiger partial charge on any atom is 0.315 e. The topological polar surface area (TPSA) is 74.2 Å². The van der Waals surface area contributed by atoms with Crippen molar-refractivity contribution in [3.8, 4) is 11.5 Å². The van der Waals surface area contributed by atoms with Crippen molar-refractivity contribution in [2.24, 2.45) is 10.9 Å². The van der Waals surface area contributed by atoms with E-state index in [0.717, 1.165) is 28.6 Å². The largest absolute Gasteiger partial charge is 0.493 e. The van der Waals surface area contributed by atoms with Gasteiger partial charge in [0.25, 0.3) is 0 Å². The summed E-state index contributed by atoms with van der Waals surface area (Å²) in [7, 11) is 3.12. The SMILES string of the molecule is COc1cc(Br)c([C@H]2C3=C(CCCC3=O)N=C(C)C2C(=O)OC(C)C)cc1OC. The molecule has 1 aromatic carbocycles. The fraction of sp³-hybridized carbons (Fsp3) is 0.500. The average Bonchev–Trinajstić information content (AvgIpc) is 2.66. The van der Waals surface area contributed by atoms with E-state index in [1.807, 2.05) is 26.8 Å². The van der Waals surface area contributed by atoms with Gasteiger partial charge in [0.15, 0.2) is 17.3 Å². The standard InChI is InChI=1S/C22H26BrNO5/c1-11(2)29-22(26)19-12(3)24-15-7-6-8-16(25)21(15)20(19)13-9-17(27-4)18(28-5)10-14(13)23/h9-11,19-20H,6-8H2,1-5H3/t19?,20-/m1/s1. The number of rotatable bonds is 5. The van der Waals surface area contributed by atoms with E-state index in [2.05, 4.69) is 20.9 Å². The summed E-state index contributed by atoms with van der Waals surface area (Å²) in [6.07, 6.45) is 1.70. The number of aliphatic imine (C=N–C) groups is 1. The van der Waals surface area contributed by atoms with Crippen LogP contribution in [0.1, 0.15) is 51.5 Å². The zero-order valence-electron chi connectivity index (χ0n) is 17.4. The maximum atomic E-state index is 13.1. The Kier molecular flexibility index (Phi) is 6.46. The van der Waals surface area contributed by atoms with Crippen LogP contribution in [0.15, 0.2) is 32.9 Å². The Balaban J connectivity index is 2.22. The van der Waals surface area contributed by atoms with Crippen molar-refractivity contribution >= 4 is 33.4 Å². The van der Waals surface area contributed by atoms with E-state index in [0.29, 0.717) is 29.2 Å². The molecule has 0 aromatic heterocycles. The number of ketones is 1. The van der Waals surface area contributed by atoms with Gasteiger partial charge in [-0.05, 0) is 51.3 Å². The summed E-state index contributed by atoms with van der Waals surface area (Å²) < 4.78 is 17.1. The van der Waals surface area contributed by atoms with Crippen LogP contribution in [-0.2, 0) is 14.3 Å². The first-order chi connectivity index (χ1) is 13.8. The molecule has 1 heterocycles. The Morgan fingerprint density at radius 3 is 2.45 bits per heavy atom. The molecule has 0 bridgehead atoms. The van der Waals surface area contributed by atoms with Gasteiger partial charge in [0, 0.05) is 33.8 Å². The molecule has 1 aliphatic carbocycles. The van der Waals surface area contributed by atoms with Gasteiger partial charge >= 0.3 is 5.97 Å². The number of nitrogens with zero attached hydrogens (tertiary/aromatic N) is 1. The Morgan fingerprint density at radius 2 is 1.83 bits per heavy atom. The van der Waals surface area contributed by atoms with Gasteiger partial charge < -0.3 is 14.2 Å². The van der Waals surface area contributed by atoms with Crippen molar-refractivity contribution in [1.82, 2.24) is 0 Å². The van der Waals surface area contributed by atoms with Crippen molar-refractivity contribution in [3.05, 3.63) is 33.4 Å². The van der Waals surface area contributed by atoms with Crippen molar-refractivity contribution in [3.63, 3.8) is 0 Å². The van der Waals surface area contributed by atoms with Crippen molar-refractivity contribution in [2.75, 3.05) is 14.2 Å². The smallest absolute Gasteiger partial charge is 0.315 e.